The lowest BCUT2D eigenvalue weighted by Gasteiger charge is -2.32. The zero-order valence-electron chi connectivity index (χ0n) is 21.7. The Bertz CT molecular complexity index is 1500. The number of para-hydroxylation sites is 1. The second-order valence-electron chi connectivity index (χ2n) is 10.2. The molecule has 0 aliphatic carbocycles. The van der Waals surface area contributed by atoms with Gasteiger partial charge in [-0.1, -0.05) is 79.0 Å². The summed E-state index contributed by atoms with van der Waals surface area (Å²) in [4.78, 5) is 43.1. The third kappa shape index (κ3) is 4.45. The maximum absolute atomic E-state index is 14.4. The van der Waals surface area contributed by atoms with E-state index in [9.17, 15) is 24.6 Å². The van der Waals surface area contributed by atoms with Gasteiger partial charge in [-0.25, -0.2) is 4.90 Å². The van der Waals surface area contributed by atoms with Gasteiger partial charge in [0, 0.05) is 17.5 Å². The number of anilines is 1. The molecule has 2 heterocycles. The number of carbonyl (C=O) groups excluding carboxylic acids is 2. The predicted octanol–water partition coefficient (Wildman–Crippen LogP) is 5.99. The Kier molecular flexibility index (Phi) is 7.61. The second-order valence-corrected chi connectivity index (χ2v) is 11.4. The predicted molar refractivity (Wildman–Crippen MR) is 154 cm³/mol. The summed E-state index contributed by atoms with van der Waals surface area (Å²) in [6.07, 6.45) is 1.02. The van der Waals surface area contributed by atoms with Crippen molar-refractivity contribution in [3.8, 4) is 5.75 Å². The molecule has 2 aliphatic heterocycles. The Hall–Kier alpha value is -3.10. The van der Waals surface area contributed by atoms with E-state index in [-0.39, 0.29) is 27.2 Å². The fourth-order valence-electron chi connectivity index (χ4n) is 6.17. The van der Waals surface area contributed by atoms with Crippen LogP contribution in [0, 0.1) is 11.8 Å². The smallest absolute Gasteiger partial charge is 0.325 e. The van der Waals surface area contributed by atoms with Crippen molar-refractivity contribution >= 4 is 58.3 Å². The number of carboxylic acids is 1. The number of nitrogens with zero attached hydrogens (tertiary/aromatic N) is 1. The first-order chi connectivity index (χ1) is 19.0. The highest BCUT2D eigenvalue weighted by Crippen LogP contribution is 2.53. The summed E-state index contributed by atoms with van der Waals surface area (Å²) >= 11 is 19.3. The number of carboxylic acid groups (broad SMARTS) is 1. The van der Waals surface area contributed by atoms with E-state index in [0.29, 0.717) is 29.7 Å². The molecular weight excluding hydrogens is 575 g/mol. The highest BCUT2D eigenvalue weighted by atomic mass is 35.5. The number of imide groups is 1. The van der Waals surface area contributed by atoms with E-state index in [1.807, 2.05) is 32.0 Å². The lowest BCUT2D eigenvalue weighted by molar-refractivity contribution is -0.148. The van der Waals surface area contributed by atoms with E-state index in [4.69, 9.17) is 34.8 Å². The minimum atomic E-state index is -1.88. The molecule has 3 aromatic carbocycles. The van der Waals surface area contributed by atoms with E-state index in [2.05, 4.69) is 5.32 Å². The largest absolute Gasteiger partial charge is 0.508 e. The Morgan fingerprint density at radius 1 is 0.975 bits per heavy atom. The number of aromatic hydroxyl groups is 1. The average molecular weight is 602 g/mol. The van der Waals surface area contributed by atoms with Crippen LogP contribution in [0.25, 0.3) is 0 Å². The number of rotatable bonds is 7. The van der Waals surface area contributed by atoms with Gasteiger partial charge in [0.05, 0.1) is 27.6 Å². The summed E-state index contributed by atoms with van der Waals surface area (Å²) in [5, 5.41) is 24.2. The van der Waals surface area contributed by atoms with Gasteiger partial charge in [0.25, 0.3) is 0 Å². The topological polar surface area (TPSA) is 107 Å². The van der Waals surface area contributed by atoms with Gasteiger partial charge in [0.2, 0.25) is 11.8 Å². The van der Waals surface area contributed by atoms with Crippen molar-refractivity contribution in [2.45, 2.75) is 44.7 Å². The van der Waals surface area contributed by atoms with E-state index < -0.39 is 41.2 Å². The molecule has 10 heteroatoms. The van der Waals surface area contributed by atoms with E-state index in [0.717, 1.165) is 11.1 Å². The van der Waals surface area contributed by atoms with Crippen LogP contribution in [-0.2, 0) is 33.6 Å². The second kappa shape index (κ2) is 10.7. The van der Waals surface area contributed by atoms with Gasteiger partial charge in [-0.3, -0.25) is 19.7 Å². The van der Waals surface area contributed by atoms with Gasteiger partial charge in [0.1, 0.15) is 11.3 Å². The summed E-state index contributed by atoms with van der Waals surface area (Å²) in [6, 6.07) is 13.7. The molecule has 4 unspecified atom stereocenters. The van der Waals surface area contributed by atoms with Crippen molar-refractivity contribution < 1.29 is 24.6 Å². The van der Waals surface area contributed by atoms with Gasteiger partial charge < -0.3 is 10.2 Å². The Morgan fingerprint density at radius 3 is 2.17 bits per heavy atom. The quantitative estimate of drug-likeness (QED) is 0.227. The highest BCUT2D eigenvalue weighted by molar-refractivity contribution is 6.43. The number of aliphatic carboxylic acids is 1. The number of phenolic OH excluding ortho intramolecular Hbond substituents is 1. The van der Waals surface area contributed by atoms with Gasteiger partial charge in [0.15, 0.2) is 0 Å². The Balaban J connectivity index is 1.74. The Morgan fingerprint density at radius 2 is 1.60 bits per heavy atom. The maximum atomic E-state index is 14.4. The molecule has 2 amide bonds. The lowest BCUT2D eigenvalue weighted by Crippen LogP contribution is -2.57. The number of amides is 2. The molecule has 4 atom stereocenters. The first kappa shape index (κ1) is 28.4. The molecule has 3 aromatic rings. The first-order valence-electron chi connectivity index (χ1n) is 13.0. The van der Waals surface area contributed by atoms with Gasteiger partial charge in [-0.15, -0.1) is 0 Å². The molecule has 0 radical (unpaired) electrons. The van der Waals surface area contributed by atoms with Crippen LogP contribution in [0.4, 0.5) is 5.69 Å². The summed E-state index contributed by atoms with van der Waals surface area (Å²) in [5.41, 5.74) is 1.16. The van der Waals surface area contributed by atoms with E-state index in [1.54, 1.807) is 18.2 Å². The summed E-state index contributed by atoms with van der Waals surface area (Å²) in [7, 11) is 0. The molecule has 2 fully saturated rings. The molecule has 0 bridgehead atoms. The van der Waals surface area contributed by atoms with Crippen LogP contribution in [0.5, 0.6) is 5.75 Å². The van der Waals surface area contributed by atoms with Crippen LogP contribution in [0.3, 0.4) is 0 Å². The van der Waals surface area contributed by atoms with Crippen molar-refractivity contribution in [2.75, 3.05) is 4.90 Å². The third-order valence-electron chi connectivity index (χ3n) is 8.00. The number of benzene rings is 3. The molecule has 0 spiro atoms. The minimum Gasteiger partial charge on any atom is -0.508 e. The minimum absolute atomic E-state index is 0.0187. The normalized spacial score (nSPS) is 24.0. The monoisotopic (exact) mass is 600 g/mol. The number of hydrogen-bond acceptors (Lipinski definition) is 5. The van der Waals surface area contributed by atoms with Gasteiger partial charge in [-0.2, -0.15) is 0 Å². The molecule has 0 saturated carbocycles. The van der Waals surface area contributed by atoms with Crippen LogP contribution >= 0.6 is 34.8 Å². The van der Waals surface area contributed by atoms with Crippen molar-refractivity contribution in [2.24, 2.45) is 11.8 Å². The van der Waals surface area contributed by atoms with Crippen LogP contribution < -0.4 is 10.2 Å². The molecule has 2 saturated heterocycles. The van der Waals surface area contributed by atoms with Crippen LogP contribution in [0.1, 0.15) is 42.1 Å². The number of phenols is 1. The fraction of sp³-hybridized carbons (Fsp3) is 0.300. The average Bonchev–Trinajstić information content (AvgIpc) is 3.40. The third-order valence-corrected chi connectivity index (χ3v) is 9.03. The summed E-state index contributed by atoms with van der Waals surface area (Å²) in [6.45, 7) is 3.88. The number of aryl methyl sites for hydroxylation is 2. The number of hydrogen-bond donors (Lipinski definition) is 3. The zero-order valence-corrected chi connectivity index (χ0v) is 24.0. The van der Waals surface area contributed by atoms with Crippen molar-refractivity contribution in [3.05, 3.63) is 91.9 Å². The molecule has 40 heavy (non-hydrogen) atoms. The van der Waals surface area contributed by atoms with Crippen LogP contribution in [0.15, 0.2) is 54.6 Å². The van der Waals surface area contributed by atoms with Crippen LogP contribution in [-0.4, -0.2) is 33.5 Å². The standard InChI is InChI=1S/C30H27Cl3N2O5/c1-3-16-6-5-7-17(4-2)26(16)35-27(37)22-23(28(35)38)30(29(39)40,14-15-8-10-19(36)11-9-15)34-25(22)20-12-18(31)13-21(32)24(20)33/h5-13,22-23,25,34,36H,3-4,14H2,1-2H3,(H,39,40). The number of carbonyl (C=O) groups is 3. The number of fused-ring (bicyclic) bond motifs is 1. The van der Waals surface area contributed by atoms with Gasteiger partial charge in [-0.05, 0) is 59.4 Å². The first-order valence-corrected chi connectivity index (χ1v) is 14.1. The molecule has 0 aromatic heterocycles. The number of nitrogens with one attached hydrogen (secondary N) is 1. The molecule has 7 nitrogen and oxygen atoms in total. The van der Waals surface area contributed by atoms with E-state index in [1.165, 1.54) is 23.1 Å². The molecule has 2 aliphatic rings. The van der Waals surface area contributed by atoms with E-state index >= 15 is 0 Å². The molecular formula is C30H27Cl3N2O5. The highest BCUT2D eigenvalue weighted by Gasteiger charge is 2.69. The number of halogens is 3. The maximum Gasteiger partial charge on any atom is 0.325 e. The molecule has 3 N–H and O–H groups in total. The SMILES string of the molecule is CCc1cccc(CC)c1N1C(=O)C2C(c3cc(Cl)cc(Cl)c3Cl)NC(Cc3ccc(O)cc3)(C(=O)O)C2C1=O. The fourth-order valence-corrected chi connectivity index (χ4v) is 6.90. The van der Waals surface area contributed by atoms with Crippen molar-refractivity contribution in [1.29, 1.82) is 0 Å². The lowest BCUT2D eigenvalue weighted by atomic mass is 9.76. The molecule has 208 valence electrons. The van der Waals surface area contributed by atoms with Crippen molar-refractivity contribution in [3.63, 3.8) is 0 Å². The molecule has 5 rings (SSSR count). The van der Waals surface area contributed by atoms with Crippen molar-refractivity contribution in [1.82, 2.24) is 5.32 Å². The summed E-state index contributed by atoms with van der Waals surface area (Å²) in [5.74, 6) is -4.73. The van der Waals surface area contributed by atoms with Crippen LogP contribution in [0.2, 0.25) is 15.1 Å². The summed E-state index contributed by atoms with van der Waals surface area (Å²) < 4.78 is 0. The zero-order chi connectivity index (χ0) is 28.9. The Labute approximate surface area is 246 Å². The van der Waals surface area contributed by atoms with Gasteiger partial charge >= 0.3 is 5.97 Å².